The molecule has 1 atom stereocenters. The van der Waals surface area contributed by atoms with Gasteiger partial charge in [0.1, 0.15) is 5.37 Å². The standard InChI is InChI=1S/C13H16ClNO3S2/c1-20(17,18)13-9-19-7-6-15(13)8-12(16)10-4-2-3-5-11(10)14/h2-5,13H,6-9H2,1H3. The molecule has 0 bridgehead atoms. The summed E-state index contributed by atoms with van der Waals surface area (Å²) in [4.78, 5) is 14.0. The number of carbonyl (C=O) groups excluding carboxylic acids is 1. The third-order valence-corrected chi connectivity index (χ3v) is 6.22. The molecule has 0 radical (unpaired) electrons. The predicted molar refractivity (Wildman–Crippen MR) is 83.3 cm³/mol. The molecule has 0 aromatic heterocycles. The van der Waals surface area contributed by atoms with E-state index in [0.717, 1.165) is 5.75 Å². The summed E-state index contributed by atoms with van der Waals surface area (Å²) in [6.45, 7) is 0.681. The van der Waals surface area contributed by atoms with Crippen molar-refractivity contribution >= 4 is 39.0 Å². The van der Waals surface area contributed by atoms with E-state index in [0.29, 0.717) is 22.9 Å². The molecule has 1 unspecified atom stereocenters. The average Bonchev–Trinajstić information content (AvgIpc) is 2.38. The van der Waals surface area contributed by atoms with Crippen molar-refractivity contribution < 1.29 is 13.2 Å². The number of benzene rings is 1. The zero-order valence-electron chi connectivity index (χ0n) is 11.1. The lowest BCUT2D eigenvalue weighted by atomic mass is 10.1. The first-order chi connectivity index (χ1) is 9.39. The maximum Gasteiger partial charge on any atom is 0.178 e. The molecular formula is C13H16ClNO3S2. The van der Waals surface area contributed by atoms with Crippen LogP contribution in [0.15, 0.2) is 24.3 Å². The SMILES string of the molecule is CS(=O)(=O)C1CSCCN1CC(=O)c1ccccc1Cl. The third-order valence-electron chi connectivity index (χ3n) is 3.21. The third kappa shape index (κ3) is 3.75. The summed E-state index contributed by atoms with van der Waals surface area (Å²) < 4.78 is 23.6. The molecule has 0 saturated carbocycles. The molecule has 1 saturated heterocycles. The lowest BCUT2D eigenvalue weighted by Crippen LogP contribution is -2.48. The molecule has 1 aliphatic heterocycles. The molecule has 0 aliphatic carbocycles. The van der Waals surface area contributed by atoms with E-state index in [-0.39, 0.29) is 12.3 Å². The van der Waals surface area contributed by atoms with Gasteiger partial charge in [0.15, 0.2) is 15.6 Å². The van der Waals surface area contributed by atoms with Crippen LogP contribution < -0.4 is 0 Å². The minimum Gasteiger partial charge on any atom is -0.293 e. The number of hydrogen-bond donors (Lipinski definition) is 0. The van der Waals surface area contributed by atoms with Crippen LogP contribution in [0.2, 0.25) is 5.02 Å². The Balaban J connectivity index is 2.15. The van der Waals surface area contributed by atoms with Gasteiger partial charge in [-0.15, -0.1) is 0 Å². The summed E-state index contributed by atoms with van der Waals surface area (Å²) in [7, 11) is -3.19. The highest BCUT2D eigenvalue weighted by molar-refractivity contribution is 8.00. The summed E-state index contributed by atoms with van der Waals surface area (Å²) in [6.07, 6.45) is 1.22. The van der Waals surface area contributed by atoms with Gasteiger partial charge in [-0.05, 0) is 12.1 Å². The van der Waals surface area contributed by atoms with Crippen LogP contribution in [0.3, 0.4) is 0 Å². The highest BCUT2D eigenvalue weighted by atomic mass is 35.5. The molecule has 0 spiro atoms. The summed E-state index contributed by atoms with van der Waals surface area (Å²) in [5.41, 5.74) is 0.444. The number of ketones is 1. The Morgan fingerprint density at radius 1 is 1.45 bits per heavy atom. The van der Waals surface area contributed by atoms with Crippen LogP contribution in [0.4, 0.5) is 0 Å². The minimum atomic E-state index is -3.19. The molecule has 1 aromatic carbocycles. The highest BCUT2D eigenvalue weighted by Gasteiger charge is 2.32. The van der Waals surface area contributed by atoms with Crippen LogP contribution in [0.5, 0.6) is 0 Å². The Hall–Kier alpha value is -0.560. The molecule has 1 heterocycles. The van der Waals surface area contributed by atoms with Crippen LogP contribution in [0, 0.1) is 0 Å². The van der Waals surface area contributed by atoms with Crippen molar-refractivity contribution in [3.63, 3.8) is 0 Å². The number of nitrogens with zero attached hydrogens (tertiary/aromatic N) is 1. The topological polar surface area (TPSA) is 54.5 Å². The van der Waals surface area contributed by atoms with Crippen molar-refractivity contribution in [1.82, 2.24) is 4.90 Å². The van der Waals surface area contributed by atoms with E-state index >= 15 is 0 Å². The van der Waals surface area contributed by atoms with Crippen LogP contribution in [-0.4, -0.2) is 55.3 Å². The molecule has 0 amide bonds. The van der Waals surface area contributed by atoms with Gasteiger partial charge >= 0.3 is 0 Å². The molecule has 1 aliphatic rings. The zero-order valence-corrected chi connectivity index (χ0v) is 13.5. The molecule has 2 rings (SSSR count). The lowest BCUT2D eigenvalue weighted by Gasteiger charge is -2.33. The van der Waals surface area contributed by atoms with Gasteiger partial charge in [-0.3, -0.25) is 9.69 Å². The summed E-state index contributed by atoms with van der Waals surface area (Å²) >= 11 is 7.60. The van der Waals surface area contributed by atoms with E-state index in [9.17, 15) is 13.2 Å². The summed E-state index contributed by atoms with van der Waals surface area (Å²) in [6, 6.07) is 6.84. The Morgan fingerprint density at radius 2 is 2.15 bits per heavy atom. The first-order valence-corrected chi connectivity index (χ1v) is 9.66. The van der Waals surface area contributed by atoms with Crippen molar-refractivity contribution in [2.24, 2.45) is 0 Å². The van der Waals surface area contributed by atoms with Crippen LogP contribution >= 0.6 is 23.4 Å². The number of hydrogen-bond acceptors (Lipinski definition) is 5. The Kier molecular flexibility index (Phi) is 5.12. The second kappa shape index (κ2) is 6.47. The molecule has 4 nitrogen and oxygen atoms in total. The van der Waals surface area contributed by atoms with E-state index in [1.54, 1.807) is 40.9 Å². The van der Waals surface area contributed by atoms with E-state index in [1.807, 2.05) is 0 Å². The van der Waals surface area contributed by atoms with Gasteiger partial charge in [-0.25, -0.2) is 8.42 Å². The van der Waals surface area contributed by atoms with Gasteiger partial charge in [0.05, 0.1) is 11.6 Å². The van der Waals surface area contributed by atoms with E-state index in [2.05, 4.69) is 0 Å². The molecule has 110 valence electrons. The summed E-state index contributed by atoms with van der Waals surface area (Å²) in [5, 5.41) is -0.188. The van der Waals surface area contributed by atoms with Gasteiger partial charge in [0.2, 0.25) is 0 Å². The number of sulfone groups is 1. The maximum absolute atomic E-state index is 12.3. The normalized spacial score (nSPS) is 20.8. The largest absolute Gasteiger partial charge is 0.293 e. The number of carbonyl (C=O) groups is 1. The Labute approximate surface area is 128 Å². The minimum absolute atomic E-state index is 0.0853. The van der Waals surface area contributed by atoms with Crippen LogP contribution in [0.1, 0.15) is 10.4 Å². The molecule has 1 aromatic rings. The fraction of sp³-hybridized carbons (Fsp3) is 0.462. The smallest absolute Gasteiger partial charge is 0.178 e. The monoisotopic (exact) mass is 333 g/mol. The highest BCUT2D eigenvalue weighted by Crippen LogP contribution is 2.22. The molecule has 20 heavy (non-hydrogen) atoms. The first-order valence-electron chi connectivity index (χ1n) is 6.18. The summed E-state index contributed by atoms with van der Waals surface area (Å²) in [5.74, 6) is 1.20. The van der Waals surface area contributed by atoms with Gasteiger partial charge in [-0.1, -0.05) is 23.7 Å². The Morgan fingerprint density at radius 3 is 2.80 bits per heavy atom. The van der Waals surface area contributed by atoms with Crippen molar-refractivity contribution in [2.45, 2.75) is 5.37 Å². The number of Topliss-reactive ketones (excluding diaryl/α,β-unsaturated/α-hetero) is 1. The second-order valence-electron chi connectivity index (χ2n) is 4.73. The zero-order chi connectivity index (χ0) is 14.8. The van der Waals surface area contributed by atoms with Gasteiger partial charge < -0.3 is 0 Å². The fourth-order valence-corrected chi connectivity index (χ4v) is 5.33. The number of thioether (sulfide) groups is 1. The quantitative estimate of drug-likeness (QED) is 0.788. The van der Waals surface area contributed by atoms with Crippen molar-refractivity contribution in [1.29, 1.82) is 0 Å². The van der Waals surface area contributed by atoms with Gasteiger partial charge in [0.25, 0.3) is 0 Å². The fourth-order valence-electron chi connectivity index (χ4n) is 2.15. The average molecular weight is 334 g/mol. The second-order valence-corrected chi connectivity index (χ2v) is 8.49. The van der Waals surface area contributed by atoms with E-state index in [1.165, 1.54) is 6.26 Å². The van der Waals surface area contributed by atoms with Crippen LogP contribution in [0.25, 0.3) is 0 Å². The van der Waals surface area contributed by atoms with E-state index in [4.69, 9.17) is 11.6 Å². The number of halogens is 1. The maximum atomic E-state index is 12.3. The molecular weight excluding hydrogens is 318 g/mol. The lowest BCUT2D eigenvalue weighted by molar-refractivity contribution is 0.0928. The van der Waals surface area contributed by atoms with E-state index < -0.39 is 15.2 Å². The molecule has 7 heteroatoms. The van der Waals surface area contributed by atoms with Crippen molar-refractivity contribution in [3.05, 3.63) is 34.9 Å². The van der Waals surface area contributed by atoms with Gasteiger partial charge in [0, 0.05) is 29.9 Å². The van der Waals surface area contributed by atoms with Crippen molar-refractivity contribution in [3.8, 4) is 0 Å². The molecule has 0 N–H and O–H groups in total. The predicted octanol–water partition coefficient (Wildman–Crippen LogP) is 1.94. The van der Waals surface area contributed by atoms with Crippen LogP contribution in [-0.2, 0) is 9.84 Å². The first kappa shape index (κ1) is 15.8. The Bertz CT molecular complexity index is 603. The van der Waals surface area contributed by atoms with Crippen molar-refractivity contribution in [2.75, 3.05) is 30.9 Å². The van der Waals surface area contributed by atoms with Gasteiger partial charge in [-0.2, -0.15) is 11.8 Å². The molecule has 1 fully saturated rings. The number of rotatable bonds is 4.